The van der Waals surface area contributed by atoms with Gasteiger partial charge >= 0.3 is 0 Å². The van der Waals surface area contributed by atoms with Crippen LogP contribution in [0.25, 0.3) is 0 Å². The van der Waals surface area contributed by atoms with Crippen LogP contribution in [0.4, 0.5) is 0 Å². The van der Waals surface area contributed by atoms with Crippen LogP contribution in [0, 0.1) is 23.7 Å². The number of likely N-dealkylation sites (tertiary alicyclic amines) is 2. The standard InChI is InChI=1S/C21H31N3O2/c1-23-13-18(15-26-14-17-2-3-17)19-6-10-24(11-7-20(19)21(23)25)12-16-4-8-22-9-5-16/h4-5,8-9,17-20H,2-3,6-7,10-15H2,1H3/t18-,19-,20-/m1/s1. The van der Waals surface area contributed by atoms with E-state index in [-0.39, 0.29) is 5.92 Å². The number of aromatic nitrogens is 1. The van der Waals surface area contributed by atoms with Crippen molar-refractivity contribution in [2.75, 3.05) is 39.9 Å². The summed E-state index contributed by atoms with van der Waals surface area (Å²) in [6, 6.07) is 4.18. The second-order valence-electron chi connectivity index (χ2n) is 8.44. The van der Waals surface area contributed by atoms with Crippen LogP contribution in [-0.2, 0) is 16.1 Å². The van der Waals surface area contributed by atoms with Gasteiger partial charge in [0.05, 0.1) is 6.61 Å². The molecule has 3 aliphatic rings. The van der Waals surface area contributed by atoms with E-state index in [4.69, 9.17) is 4.74 Å². The summed E-state index contributed by atoms with van der Waals surface area (Å²) in [6.07, 6.45) is 8.46. The van der Waals surface area contributed by atoms with Crippen molar-refractivity contribution in [3.8, 4) is 0 Å². The molecular formula is C21H31N3O2. The number of piperidine rings is 1. The molecule has 3 heterocycles. The molecule has 0 radical (unpaired) electrons. The van der Waals surface area contributed by atoms with Gasteiger partial charge in [-0.05, 0) is 68.3 Å². The average molecular weight is 357 g/mol. The van der Waals surface area contributed by atoms with Crippen molar-refractivity contribution in [1.29, 1.82) is 0 Å². The summed E-state index contributed by atoms with van der Waals surface area (Å²) >= 11 is 0. The van der Waals surface area contributed by atoms with Gasteiger partial charge in [-0.3, -0.25) is 14.7 Å². The Morgan fingerprint density at radius 1 is 1.12 bits per heavy atom. The fourth-order valence-corrected chi connectivity index (χ4v) is 4.66. The molecular weight excluding hydrogens is 326 g/mol. The molecule has 4 rings (SSSR count). The number of nitrogens with zero attached hydrogens (tertiary/aromatic N) is 3. The quantitative estimate of drug-likeness (QED) is 0.784. The molecule has 5 nitrogen and oxygen atoms in total. The molecule has 2 aliphatic heterocycles. The van der Waals surface area contributed by atoms with E-state index in [0.29, 0.717) is 17.7 Å². The summed E-state index contributed by atoms with van der Waals surface area (Å²) in [4.78, 5) is 21.3. The molecule has 0 N–H and O–H groups in total. The van der Waals surface area contributed by atoms with E-state index in [1.54, 1.807) is 0 Å². The Kier molecular flexibility index (Phi) is 5.55. The van der Waals surface area contributed by atoms with Crippen molar-refractivity contribution in [3.63, 3.8) is 0 Å². The predicted molar refractivity (Wildman–Crippen MR) is 100 cm³/mol. The summed E-state index contributed by atoms with van der Waals surface area (Å²) < 4.78 is 6.03. The minimum Gasteiger partial charge on any atom is -0.381 e. The van der Waals surface area contributed by atoms with E-state index < -0.39 is 0 Å². The third-order valence-electron chi connectivity index (χ3n) is 6.40. The van der Waals surface area contributed by atoms with E-state index in [1.807, 2.05) is 24.3 Å². The number of ether oxygens (including phenoxy) is 1. The molecule has 3 fully saturated rings. The lowest BCUT2D eigenvalue weighted by atomic mass is 9.75. The molecule has 0 aromatic carbocycles. The molecule has 5 heteroatoms. The van der Waals surface area contributed by atoms with E-state index in [2.05, 4.69) is 22.0 Å². The van der Waals surface area contributed by atoms with Crippen LogP contribution in [0.15, 0.2) is 24.5 Å². The monoisotopic (exact) mass is 357 g/mol. The van der Waals surface area contributed by atoms with Crippen molar-refractivity contribution in [1.82, 2.24) is 14.8 Å². The van der Waals surface area contributed by atoms with Crippen molar-refractivity contribution >= 4 is 5.91 Å². The first-order valence-electron chi connectivity index (χ1n) is 10.1. The Hall–Kier alpha value is -1.46. The largest absolute Gasteiger partial charge is 0.381 e. The molecule has 1 aromatic heterocycles. The minimum absolute atomic E-state index is 0.172. The highest BCUT2D eigenvalue weighted by Crippen LogP contribution is 2.37. The zero-order valence-corrected chi connectivity index (χ0v) is 15.8. The molecule has 0 unspecified atom stereocenters. The molecule has 1 saturated carbocycles. The zero-order valence-electron chi connectivity index (χ0n) is 15.8. The number of carbonyl (C=O) groups excluding carboxylic acids is 1. The normalized spacial score (nSPS) is 30.1. The van der Waals surface area contributed by atoms with Crippen LogP contribution in [0.3, 0.4) is 0 Å². The summed E-state index contributed by atoms with van der Waals surface area (Å²) in [5.74, 6) is 2.28. The third-order valence-corrected chi connectivity index (χ3v) is 6.40. The van der Waals surface area contributed by atoms with Crippen LogP contribution in [0.5, 0.6) is 0 Å². The van der Waals surface area contributed by atoms with Gasteiger partial charge in [0, 0.05) is 51.0 Å². The van der Waals surface area contributed by atoms with E-state index in [1.165, 1.54) is 18.4 Å². The Bertz CT molecular complexity index is 605. The summed E-state index contributed by atoms with van der Waals surface area (Å²) in [6.45, 7) is 5.61. The Morgan fingerprint density at radius 2 is 1.88 bits per heavy atom. The first-order chi connectivity index (χ1) is 12.7. The highest BCUT2D eigenvalue weighted by molar-refractivity contribution is 5.79. The summed E-state index contributed by atoms with van der Waals surface area (Å²) in [7, 11) is 1.96. The number of carbonyl (C=O) groups is 1. The number of hydrogen-bond acceptors (Lipinski definition) is 4. The maximum Gasteiger partial charge on any atom is 0.225 e. The predicted octanol–water partition coefficient (Wildman–Crippen LogP) is 2.42. The maximum atomic E-state index is 12.8. The van der Waals surface area contributed by atoms with Crippen LogP contribution in [-0.4, -0.2) is 60.6 Å². The first kappa shape index (κ1) is 17.9. The summed E-state index contributed by atoms with van der Waals surface area (Å²) in [5, 5.41) is 0. The van der Waals surface area contributed by atoms with Crippen LogP contribution >= 0.6 is 0 Å². The second-order valence-corrected chi connectivity index (χ2v) is 8.44. The van der Waals surface area contributed by atoms with Gasteiger partial charge in [-0.15, -0.1) is 0 Å². The number of amides is 1. The third kappa shape index (κ3) is 4.26. The SMILES string of the molecule is CN1C[C@H](COCC2CC2)[C@H]2CCN(Cc3ccncc3)CC[C@H]2C1=O. The van der Waals surface area contributed by atoms with Gasteiger partial charge in [0.15, 0.2) is 0 Å². The molecule has 0 bridgehead atoms. The van der Waals surface area contributed by atoms with Crippen LogP contribution < -0.4 is 0 Å². The topological polar surface area (TPSA) is 45.7 Å². The number of fused-ring (bicyclic) bond motifs is 1. The average Bonchev–Trinajstić information content (AvgIpc) is 3.48. The molecule has 3 atom stereocenters. The molecule has 0 spiro atoms. The minimum atomic E-state index is 0.172. The van der Waals surface area contributed by atoms with Crippen LogP contribution in [0.1, 0.15) is 31.2 Å². The van der Waals surface area contributed by atoms with Gasteiger partial charge in [-0.25, -0.2) is 0 Å². The lowest BCUT2D eigenvalue weighted by Crippen LogP contribution is -2.50. The molecule has 1 amide bonds. The molecule has 1 aliphatic carbocycles. The van der Waals surface area contributed by atoms with Gasteiger partial charge in [-0.2, -0.15) is 0 Å². The zero-order chi connectivity index (χ0) is 17.9. The number of hydrogen-bond donors (Lipinski definition) is 0. The summed E-state index contributed by atoms with van der Waals surface area (Å²) in [5.41, 5.74) is 1.30. The molecule has 142 valence electrons. The van der Waals surface area contributed by atoms with Gasteiger partial charge in [0.2, 0.25) is 5.91 Å². The Morgan fingerprint density at radius 3 is 2.65 bits per heavy atom. The lowest BCUT2D eigenvalue weighted by molar-refractivity contribution is -0.144. The maximum absolute atomic E-state index is 12.8. The van der Waals surface area contributed by atoms with E-state index in [0.717, 1.165) is 58.2 Å². The molecule has 26 heavy (non-hydrogen) atoms. The van der Waals surface area contributed by atoms with Crippen molar-refractivity contribution < 1.29 is 9.53 Å². The fourth-order valence-electron chi connectivity index (χ4n) is 4.66. The van der Waals surface area contributed by atoms with Gasteiger partial charge < -0.3 is 9.64 Å². The smallest absolute Gasteiger partial charge is 0.225 e. The molecule has 1 aromatic rings. The highest BCUT2D eigenvalue weighted by atomic mass is 16.5. The van der Waals surface area contributed by atoms with Crippen molar-refractivity contribution in [2.24, 2.45) is 23.7 Å². The van der Waals surface area contributed by atoms with Gasteiger partial charge in [0.25, 0.3) is 0 Å². The fraction of sp³-hybridized carbons (Fsp3) is 0.714. The van der Waals surface area contributed by atoms with Gasteiger partial charge in [0.1, 0.15) is 0 Å². The number of pyridine rings is 1. The molecule has 2 saturated heterocycles. The first-order valence-corrected chi connectivity index (χ1v) is 10.1. The van der Waals surface area contributed by atoms with Crippen LogP contribution in [0.2, 0.25) is 0 Å². The van der Waals surface area contributed by atoms with Crippen molar-refractivity contribution in [2.45, 2.75) is 32.2 Å². The Balaban J connectivity index is 1.38. The lowest BCUT2D eigenvalue weighted by Gasteiger charge is -2.41. The number of rotatable bonds is 6. The van der Waals surface area contributed by atoms with Crippen molar-refractivity contribution in [3.05, 3.63) is 30.1 Å². The van der Waals surface area contributed by atoms with E-state index >= 15 is 0 Å². The van der Waals surface area contributed by atoms with E-state index in [9.17, 15) is 4.79 Å². The Labute approximate surface area is 156 Å². The second kappa shape index (κ2) is 8.05. The van der Waals surface area contributed by atoms with Gasteiger partial charge in [-0.1, -0.05) is 0 Å². The highest BCUT2D eigenvalue weighted by Gasteiger charge is 2.42.